The van der Waals surface area contributed by atoms with Crippen molar-refractivity contribution >= 4 is 0 Å². The first kappa shape index (κ1) is 22.9. The van der Waals surface area contributed by atoms with E-state index < -0.39 is 12.2 Å². The molecular weight excluding hydrogens is 473 g/mol. The zero-order valence-electron chi connectivity index (χ0n) is 21.1. The maximum atomic E-state index is 14.7. The van der Waals surface area contributed by atoms with Gasteiger partial charge in [0.2, 0.25) is 0 Å². The van der Waals surface area contributed by atoms with Crippen LogP contribution >= 0.6 is 0 Å². The van der Waals surface area contributed by atoms with E-state index in [-0.39, 0.29) is 28.7 Å². The highest BCUT2D eigenvalue weighted by molar-refractivity contribution is 5.51. The third kappa shape index (κ3) is 2.97. The first-order valence-electron chi connectivity index (χ1n) is 14.3. The van der Waals surface area contributed by atoms with Crippen LogP contribution in [0.15, 0.2) is 48.5 Å². The molecule has 6 aliphatic rings. The summed E-state index contributed by atoms with van der Waals surface area (Å²) in [6, 6.07) is 13.3. The molecule has 2 aromatic rings. The quantitative estimate of drug-likeness (QED) is 0.543. The molecule has 5 unspecified atom stereocenters. The number of rotatable bonds is 4. The number of hydrogen-bond donors (Lipinski definition) is 1. The van der Waals surface area contributed by atoms with Crippen molar-refractivity contribution in [3.05, 3.63) is 65.2 Å². The van der Waals surface area contributed by atoms with Crippen molar-refractivity contribution < 1.29 is 18.3 Å². The summed E-state index contributed by atoms with van der Waals surface area (Å²) in [6.07, 6.45) is 3.29. The Morgan fingerprint density at radius 1 is 1.03 bits per heavy atom. The van der Waals surface area contributed by atoms with Gasteiger partial charge in [0.15, 0.2) is 0 Å². The van der Waals surface area contributed by atoms with Crippen molar-refractivity contribution in [2.24, 2.45) is 23.2 Å². The molecule has 1 N–H and O–H groups in total. The third-order valence-electron chi connectivity index (χ3n) is 11.6. The fraction of sp³-hybridized carbons (Fsp3) is 0.613. The molecular formula is C31H35F3N2O. The maximum Gasteiger partial charge on any atom is 0.408 e. The van der Waals surface area contributed by atoms with E-state index in [0.29, 0.717) is 23.9 Å². The number of aromatic hydroxyl groups is 1. The number of benzene rings is 2. The van der Waals surface area contributed by atoms with Crippen molar-refractivity contribution in [2.75, 3.05) is 19.6 Å². The molecule has 4 bridgehead atoms. The average molecular weight is 509 g/mol. The molecule has 0 aromatic heterocycles. The number of phenolic OH excluding ortho intramolecular Hbond substituents is 1. The van der Waals surface area contributed by atoms with Gasteiger partial charge < -0.3 is 5.11 Å². The number of phenols is 1. The Bertz CT molecular complexity index is 1230. The number of fused-ring (bicyclic) bond motifs is 1. The number of likely N-dealkylation sites (tertiary alicyclic amines) is 2. The molecule has 4 aliphatic carbocycles. The fourth-order valence-corrected chi connectivity index (χ4v) is 10.5. The number of alkyl halides is 3. The van der Waals surface area contributed by atoms with E-state index in [2.05, 4.69) is 11.0 Å². The predicted octanol–water partition coefficient (Wildman–Crippen LogP) is 6.07. The van der Waals surface area contributed by atoms with Crippen LogP contribution in [0.3, 0.4) is 0 Å². The minimum atomic E-state index is -4.31. The van der Waals surface area contributed by atoms with Crippen molar-refractivity contribution in [1.82, 2.24) is 9.80 Å². The normalized spacial score (nSPS) is 39.3. The fourth-order valence-electron chi connectivity index (χ4n) is 10.5. The second kappa shape index (κ2) is 7.53. The van der Waals surface area contributed by atoms with E-state index in [1.165, 1.54) is 30.5 Å². The van der Waals surface area contributed by atoms with Crippen LogP contribution in [0.5, 0.6) is 5.75 Å². The summed E-state index contributed by atoms with van der Waals surface area (Å²) in [5.74, 6) is 1.63. The summed E-state index contributed by atoms with van der Waals surface area (Å²) in [7, 11) is 0. The van der Waals surface area contributed by atoms with Crippen molar-refractivity contribution in [3.63, 3.8) is 0 Å². The van der Waals surface area contributed by atoms with Gasteiger partial charge in [0, 0.05) is 30.6 Å². The van der Waals surface area contributed by atoms with Crippen LogP contribution in [0.1, 0.15) is 61.3 Å². The molecule has 37 heavy (non-hydrogen) atoms. The van der Waals surface area contributed by atoms with E-state index in [9.17, 15) is 18.3 Å². The number of nitrogens with zero attached hydrogens (tertiary/aromatic N) is 2. The van der Waals surface area contributed by atoms with Crippen molar-refractivity contribution in [2.45, 2.75) is 74.7 Å². The number of piperidine rings is 1. The van der Waals surface area contributed by atoms with Gasteiger partial charge >= 0.3 is 6.18 Å². The molecule has 6 heteroatoms. The molecule has 5 fully saturated rings. The molecule has 0 spiro atoms. The Balaban J connectivity index is 1.26. The van der Waals surface area contributed by atoms with Gasteiger partial charge in [-0.2, -0.15) is 13.2 Å². The Kier molecular flexibility index (Phi) is 4.66. The van der Waals surface area contributed by atoms with E-state index in [1.54, 1.807) is 30.3 Å². The molecule has 0 radical (unpaired) electrons. The first-order chi connectivity index (χ1) is 17.8. The average Bonchev–Trinajstić information content (AvgIpc) is 3.57. The Labute approximate surface area is 216 Å². The lowest BCUT2D eigenvalue weighted by Gasteiger charge is -2.67. The van der Waals surface area contributed by atoms with Gasteiger partial charge in [0.1, 0.15) is 11.8 Å². The summed E-state index contributed by atoms with van der Waals surface area (Å²) in [6.45, 7) is 2.75. The topological polar surface area (TPSA) is 26.7 Å². The molecule has 3 nitrogen and oxygen atoms in total. The van der Waals surface area contributed by atoms with E-state index in [0.717, 1.165) is 44.6 Å². The highest BCUT2D eigenvalue weighted by Crippen LogP contribution is 2.76. The SMILES string of the molecule is Oc1ccc2c(c1)C13CCN(CC4CC4)C(C2)C12CCC1C3[C@@H](CN1[C@H](c1ccccc1)C(F)(F)F)C2. The van der Waals surface area contributed by atoms with Crippen LogP contribution in [-0.4, -0.2) is 52.8 Å². The zero-order valence-corrected chi connectivity index (χ0v) is 21.1. The van der Waals surface area contributed by atoms with Crippen molar-refractivity contribution in [1.29, 1.82) is 0 Å². The van der Waals surface area contributed by atoms with Crippen LogP contribution in [-0.2, 0) is 11.8 Å². The second-order valence-electron chi connectivity index (χ2n) is 13.0. The van der Waals surface area contributed by atoms with Crippen LogP contribution < -0.4 is 0 Å². The van der Waals surface area contributed by atoms with Crippen LogP contribution in [0.4, 0.5) is 13.2 Å². The molecule has 2 aromatic carbocycles. The maximum absolute atomic E-state index is 14.7. The summed E-state index contributed by atoms with van der Waals surface area (Å²) in [5.41, 5.74) is 2.97. The minimum Gasteiger partial charge on any atom is -0.508 e. The molecule has 8 rings (SSSR count). The largest absolute Gasteiger partial charge is 0.508 e. The second-order valence-corrected chi connectivity index (χ2v) is 13.0. The lowest BCUT2D eigenvalue weighted by atomic mass is 9.43. The summed E-state index contributed by atoms with van der Waals surface area (Å²) in [5, 5.41) is 10.6. The lowest BCUT2D eigenvalue weighted by molar-refractivity contribution is -0.197. The van der Waals surface area contributed by atoms with E-state index in [1.807, 2.05) is 17.0 Å². The summed E-state index contributed by atoms with van der Waals surface area (Å²) < 4.78 is 44.2. The van der Waals surface area contributed by atoms with Gasteiger partial charge in [-0.05, 0) is 103 Å². The molecule has 0 amide bonds. The van der Waals surface area contributed by atoms with Gasteiger partial charge in [0.25, 0.3) is 0 Å². The van der Waals surface area contributed by atoms with Gasteiger partial charge in [-0.15, -0.1) is 0 Å². The lowest BCUT2D eigenvalue weighted by Crippen LogP contribution is -2.70. The molecule has 2 aliphatic heterocycles. The van der Waals surface area contributed by atoms with Crippen LogP contribution in [0.2, 0.25) is 0 Å². The predicted molar refractivity (Wildman–Crippen MR) is 135 cm³/mol. The molecule has 2 heterocycles. The highest BCUT2D eigenvalue weighted by atomic mass is 19.4. The number of halogens is 3. The third-order valence-corrected chi connectivity index (χ3v) is 11.6. The standard InChI is InChI=1S/C31H35F3N2O/c32-31(33,34)28(20-4-2-1-3-5-20)36-18-22-16-29-11-10-25(36)27(22)30(29)12-13-35(17-19-6-7-19)26(29)14-21-8-9-23(37)15-24(21)30/h1-5,8-9,15,19,22,25-28,37H,6-7,10-14,16-18H2/t22-,25?,26?,27?,28-,29?,30?/m1/s1. The monoisotopic (exact) mass is 508 g/mol. The molecule has 196 valence electrons. The summed E-state index contributed by atoms with van der Waals surface area (Å²) >= 11 is 0. The Hall–Kier alpha value is -2.05. The molecule has 2 saturated heterocycles. The van der Waals surface area contributed by atoms with Gasteiger partial charge in [-0.3, -0.25) is 9.80 Å². The minimum absolute atomic E-state index is 0.0728. The van der Waals surface area contributed by atoms with Gasteiger partial charge in [0.05, 0.1) is 0 Å². The van der Waals surface area contributed by atoms with Crippen molar-refractivity contribution in [3.8, 4) is 5.75 Å². The highest BCUT2D eigenvalue weighted by Gasteiger charge is 2.76. The van der Waals surface area contributed by atoms with Gasteiger partial charge in [-0.1, -0.05) is 36.4 Å². The van der Waals surface area contributed by atoms with E-state index in [4.69, 9.17) is 0 Å². The number of hydrogen-bond acceptors (Lipinski definition) is 3. The van der Waals surface area contributed by atoms with Crippen LogP contribution in [0, 0.1) is 23.2 Å². The Morgan fingerprint density at radius 2 is 1.84 bits per heavy atom. The van der Waals surface area contributed by atoms with E-state index >= 15 is 0 Å². The summed E-state index contributed by atoms with van der Waals surface area (Å²) in [4.78, 5) is 4.64. The molecule has 7 atom stereocenters. The van der Waals surface area contributed by atoms with Crippen LogP contribution in [0.25, 0.3) is 0 Å². The smallest absolute Gasteiger partial charge is 0.408 e. The van der Waals surface area contributed by atoms with Gasteiger partial charge in [-0.25, -0.2) is 0 Å². The first-order valence-corrected chi connectivity index (χ1v) is 14.3. The Morgan fingerprint density at radius 3 is 2.59 bits per heavy atom. The zero-order chi connectivity index (χ0) is 25.2. The molecule has 3 saturated carbocycles.